The highest BCUT2D eigenvalue weighted by atomic mass is 32.1. The lowest BCUT2D eigenvalue weighted by atomic mass is 9.77. The van der Waals surface area contributed by atoms with E-state index in [9.17, 15) is 5.26 Å². The van der Waals surface area contributed by atoms with E-state index in [1.165, 1.54) is 0 Å². The van der Waals surface area contributed by atoms with Crippen LogP contribution in [0.15, 0.2) is 40.4 Å². The van der Waals surface area contributed by atoms with Gasteiger partial charge in [-0.3, -0.25) is 9.97 Å². The van der Waals surface area contributed by atoms with E-state index in [-0.39, 0.29) is 2.85 Å². The molecule has 4 aromatic rings. The van der Waals surface area contributed by atoms with E-state index < -0.39 is 5.41 Å². The summed E-state index contributed by atoms with van der Waals surface area (Å²) in [5, 5.41) is 23.7. The number of nitrogens with one attached hydrogen (secondary N) is 1. The summed E-state index contributed by atoms with van der Waals surface area (Å²) >= 11 is 1.56. The van der Waals surface area contributed by atoms with Gasteiger partial charge in [0.1, 0.15) is 11.1 Å². The molecule has 32 heavy (non-hydrogen) atoms. The molecular weight excluding hydrogens is 422 g/mol. The van der Waals surface area contributed by atoms with Crippen LogP contribution < -0.4 is 5.32 Å². The zero-order chi connectivity index (χ0) is 22.1. The van der Waals surface area contributed by atoms with Crippen molar-refractivity contribution in [1.82, 2.24) is 30.5 Å². The Morgan fingerprint density at radius 3 is 2.72 bits per heavy atom. The number of aromatic nitrogens is 5. The number of hydrogen-bond donors (Lipinski definition) is 1. The van der Waals surface area contributed by atoms with Gasteiger partial charge in [-0.2, -0.15) is 5.26 Å². The summed E-state index contributed by atoms with van der Waals surface area (Å²) in [5.74, 6) is 0.813. The summed E-state index contributed by atoms with van der Waals surface area (Å²) in [6.45, 7) is 5.48. The lowest BCUT2D eigenvalue weighted by Crippen LogP contribution is -2.39. The van der Waals surface area contributed by atoms with Gasteiger partial charge >= 0.3 is 0 Å². The van der Waals surface area contributed by atoms with Crippen molar-refractivity contribution in [3.63, 3.8) is 0 Å². The van der Waals surface area contributed by atoms with Crippen molar-refractivity contribution in [1.29, 1.82) is 5.26 Å². The Bertz CT molecular complexity index is 1320. The van der Waals surface area contributed by atoms with Gasteiger partial charge < -0.3 is 9.73 Å². The molecule has 0 amide bonds. The van der Waals surface area contributed by atoms with Crippen molar-refractivity contribution >= 4 is 11.3 Å². The molecule has 0 bridgehead atoms. The van der Waals surface area contributed by atoms with Gasteiger partial charge in [-0.1, -0.05) is 0 Å². The third-order valence-electron chi connectivity index (χ3n) is 5.86. The topological polar surface area (TPSA) is 113 Å². The maximum atomic E-state index is 9.91. The fourth-order valence-electron chi connectivity index (χ4n) is 3.92. The fraction of sp³-hybridized carbons (Fsp3) is 0.304. The highest BCUT2D eigenvalue weighted by Gasteiger charge is 2.35. The summed E-state index contributed by atoms with van der Waals surface area (Å²) in [6, 6.07) is 8.36. The second-order valence-corrected chi connectivity index (χ2v) is 8.82. The number of piperidine rings is 1. The van der Waals surface area contributed by atoms with Crippen molar-refractivity contribution in [2.75, 3.05) is 13.1 Å². The molecule has 1 aliphatic heterocycles. The maximum absolute atomic E-state index is 9.91. The largest absolute Gasteiger partial charge is 0.414 e. The number of hydrogen-bond acceptors (Lipinski definition) is 9. The Hall–Kier alpha value is -3.48. The van der Waals surface area contributed by atoms with Gasteiger partial charge in [-0.05, 0) is 68.9 Å². The molecule has 8 nitrogen and oxygen atoms in total. The average Bonchev–Trinajstić information content (AvgIpc) is 3.49. The Balaban J connectivity index is 0.00000162. The molecule has 5 heterocycles. The van der Waals surface area contributed by atoms with Gasteiger partial charge in [-0.25, -0.2) is 4.98 Å². The summed E-state index contributed by atoms with van der Waals surface area (Å²) in [5.41, 5.74) is 4.06. The van der Waals surface area contributed by atoms with Gasteiger partial charge in [0, 0.05) is 14.6 Å². The molecule has 4 aromatic heterocycles. The van der Waals surface area contributed by atoms with Gasteiger partial charge in [0.05, 0.1) is 34.2 Å². The summed E-state index contributed by atoms with van der Waals surface area (Å²) < 4.78 is 5.94. The molecule has 164 valence electrons. The van der Waals surface area contributed by atoms with E-state index in [4.69, 9.17) is 9.40 Å². The molecule has 0 unspecified atom stereocenters. The predicted molar refractivity (Wildman–Crippen MR) is 125 cm³/mol. The molecule has 0 saturated carbocycles. The molecular formula is C23H25N7OS. The van der Waals surface area contributed by atoms with Gasteiger partial charge in [0.15, 0.2) is 0 Å². The van der Waals surface area contributed by atoms with E-state index in [0.29, 0.717) is 28.9 Å². The predicted octanol–water partition coefficient (Wildman–Crippen LogP) is 4.57. The first-order chi connectivity index (χ1) is 15.6. The van der Waals surface area contributed by atoms with E-state index in [2.05, 4.69) is 31.6 Å². The summed E-state index contributed by atoms with van der Waals surface area (Å²) in [6.07, 6.45) is 4.92. The number of nitriles is 1. The molecule has 9 heteroatoms. The Morgan fingerprint density at radius 2 is 1.97 bits per heavy atom. The number of rotatable bonds is 4. The zero-order valence-electron chi connectivity index (χ0n) is 17.8. The SMILES string of the molecule is Cc1ccsc1-c1nnc(-c2nc(-c3ccnc(C4(C#N)CCNCC4)c3)cnc2C)o1.[HH].[HH]. The second-order valence-electron chi connectivity index (χ2n) is 7.91. The van der Waals surface area contributed by atoms with Gasteiger partial charge in [0.2, 0.25) is 0 Å². The minimum absolute atomic E-state index is 0. The molecule has 0 aromatic carbocycles. The van der Waals surface area contributed by atoms with Gasteiger partial charge in [-0.15, -0.1) is 21.5 Å². The molecule has 1 saturated heterocycles. The van der Waals surface area contributed by atoms with Crippen LogP contribution in [0.25, 0.3) is 33.6 Å². The van der Waals surface area contributed by atoms with Crippen LogP contribution in [0.2, 0.25) is 0 Å². The third kappa shape index (κ3) is 3.57. The number of thiophene rings is 1. The number of nitrogens with zero attached hydrogens (tertiary/aromatic N) is 6. The first-order valence-electron chi connectivity index (χ1n) is 10.4. The average molecular weight is 448 g/mol. The molecule has 0 radical (unpaired) electrons. The first-order valence-corrected chi connectivity index (χ1v) is 11.3. The smallest absolute Gasteiger partial charge is 0.268 e. The Morgan fingerprint density at radius 1 is 1.16 bits per heavy atom. The first kappa shape index (κ1) is 20.4. The van der Waals surface area contributed by atoms with Crippen LogP contribution in [-0.4, -0.2) is 38.2 Å². The molecule has 1 fully saturated rings. The van der Waals surface area contributed by atoms with Crippen LogP contribution in [0.5, 0.6) is 0 Å². The quantitative estimate of drug-likeness (QED) is 0.484. The lowest BCUT2D eigenvalue weighted by Gasteiger charge is -2.30. The lowest BCUT2D eigenvalue weighted by molar-refractivity contribution is 0.375. The van der Waals surface area contributed by atoms with Crippen molar-refractivity contribution in [2.24, 2.45) is 0 Å². The fourth-order valence-corrected chi connectivity index (χ4v) is 4.77. The Labute approximate surface area is 192 Å². The van der Waals surface area contributed by atoms with E-state index in [1.54, 1.807) is 23.7 Å². The van der Waals surface area contributed by atoms with E-state index in [0.717, 1.165) is 47.6 Å². The molecule has 1 aliphatic rings. The van der Waals surface area contributed by atoms with E-state index in [1.807, 2.05) is 37.4 Å². The van der Waals surface area contributed by atoms with Gasteiger partial charge in [0.25, 0.3) is 11.8 Å². The van der Waals surface area contributed by atoms with Crippen molar-refractivity contribution < 1.29 is 7.27 Å². The number of pyridine rings is 1. The molecule has 0 aliphatic carbocycles. The van der Waals surface area contributed by atoms with Crippen molar-refractivity contribution in [2.45, 2.75) is 32.1 Å². The zero-order valence-corrected chi connectivity index (χ0v) is 18.6. The third-order valence-corrected chi connectivity index (χ3v) is 6.86. The minimum Gasteiger partial charge on any atom is -0.414 e. The number of aryl methyl sites for hydroxylation is 2. The van der Waals surface area contributed by atoms with Crippen molar-refractivity contribution in [3.8, 4) is 39.7 Å². The van der Waals surface area contributed by atoms with Crippen LogP contribution in [0.3, 0.4) is 0 Å². The Kier molecular flexibility index (Phi) is 5.25. The summed E-state index contributed by atoms with van der Waals surface area (Å²) in [7, 11) is 0. The monoisotopic (exact) mass is 447 g/mol. The van der Waals surface area contributed by atoms with Crippen LogP contribution in [0.4, 0.5) is 0 Å². The molecule has 0 spiro atoms. The molecule has 5 rings (SSSR count). The van der Waals surface area contributed by atoms with Crippen molar-refractivity contribution in [3.05, 3.63) is 52.9 Å². The summed E-state index contributed by atoms with van der Waals surface area (Å²) in [4.78, 5) is 14.8. The van der Waals surface area contributed by atoms with Crippen LogP contribution in [0.1, 0.15) is 32.6 Å². The highest BCUT2D eigenvalue weighted by molar-refractivity contribution is 7.13. The van der Waals surface area contributed by atoms with Crippen LogP contribution >= 0.6 is 11.3 Å². The van der Waals surface area contributed by atoms with E-state index >= 15 is 0 Å². The van der Waals surface area contributed by atoms with Crippen LogP contribution in [-0.2, 0) is 5.41 Å². The normalized spacial score (nSPS) is 15.4. The standard InChI is InChI=1S/C23H21N7OS.2H2/c1-14-4-10-32-20(14)22-30-29-21(31-22)19-15(2)27-12-17(28-19)16-3-7-26-18(11-16)23(13-24)5-8-25-9-6-23;;/h3-4,7,10-12,25H,5-6,8-9H2,1-2H3;2*1H. The molecule has 1 N–H and O–H groups in total. The van der Waals surface area contributed by atoms with Crippen LogP contribution in [0, 0.1) is 25.2 Å². The minimum atomic E-state index is -0.581. The second kappa shape index (κ2) is 8.22. The molecule has 0 atom stereocenters. The maximum Gasteiger partial charge on any atom is 0.268 e. The highest BCUT2D eigenvalue weighted by Crippen LogP contribution is 2.34.